The molecule has 1 aliphatic rings. The predicted octanol–water partition coefficient (Wildman–Crippen LogP) is 1.72. The van der Waals surface area contributed by atoms with E-state index in [2.05, 4.69) is 10.3 Å². The Kier molecular flexibility index (Phi) is 3.15. The van der Waals surface area contributed by atoms with E-state index in [-0.39, 0.29) is 5.97 Å². The summed E-state index contributed by atoms with van der Waals surface area (Å²) < 4.78 is 5.27. The van der Waals surface area contributed by atoms with E-state index in [1.165, 1.54) is 0 Å². The number of nitrogens with zero attached hydrogens (tertiary/aromatic N) is 1. The predicted molar refractivity (Wildman–Crippen MR) is 65.0 cm³/mol. The second-order valence-corrected chi connectivity index (χ2v) is 5.33. The normalized spacial score (nSPS) is 16.4. The van der Waals surface area contributed by atoms with E-state index in [4.69, 9.17) is 4.74 Å². The minimum absolute atomic E-state index is 0.316. The fourth-order valence-electron chi connectivity index (χ4n) is 1.60. The maximum atomic E-state index is 11.8. The Morgan fingerprint density at radius 2 is 2.12 bits per heavy atom. The number of ether oxygens (including phenoxy) is 1. The molecule has 0 bridgehead atoms. The molecule has 0 amide bonds. The molecule has 0 atom stereocenters. The quantitative estimate of drug-likeness (QED) is 0.792. The lowest BCUT2D eigenvalue weighted by Crippen LogP contribution is -2.40. The lowest BCUT2D eigenvalue weighted by Gasteiger charge is -2.26. The van der Waals surface area contributed by atoms with Gasteiger partial charge < -0.3 is 10.1 Å². The zero-order valence-electron chi connectivity index (χ0n) is 10.5. The van der Waals surface area contributed by atoms with Crippen LogP contribution < -0.4 is 5.32 Å². The first kappa shape index (κ1) is 12.0. The minimum atomic E-state index is -0.465. The summed E-state index contributed by atoms with van der Waals surface area (Å²) in [4.78, 5) is 16.1. The van der Waals surface area contributed by atoms with Crippen LogP contribution in [0, 0.1) is 0 Å². The monoisotopic (exact) mass is 234 g/mol. The molecule has 4 nitrogen and oxygen atoms in total. The van der Waals surface area contributed by atoms with Crippen LogP contribution in [0.1, 0.15) is 42.7 Å². The molecular formula is C13H18N2O2. The third kappa shape index (κ3) is 3.03. The van der Waals surface area contributed by atoms with Crippen molar-refractivity contribution in [3.8, 4) is 0 Å². The van der Waals surface area contributed by atoms with Gasteiger partial charge in [0.15, 0.2) is 0 Å². The molecule has 0 aromatic carbocycles. The molecule has 4 heteroatoms. The molecule has 0 radical (unpaired) electrons. The zero-order chi connectivity index (χ0) is 12.5. The molecule has 2 heterocycles. The molecule has 1 aromatic heterocycles. The van der Waals surface area contributed by atoms with Gasteiger partial charge in [-0.3, -0.25) is 4.98 Å². The van der Waals surface area contributed by atoms with Crippen molar-refractivity contribution in [2.24, 2.45) is 0 Å². The van der Waals surface area contributed by atoms with Crippen molar-refractivity contribution in [1.82, 2.24) is 10.3 Å². The summed E-state index contributed by atoms with van der Waals surface area (Å²) in [7, 11) is 0. The third-order valence-corrected chi connectivity index (χ3v) is 2.62. The molecule has 0 aliphatic carbocycles. The Balaban J connectivity index is 2.04. The molecule has 0 saturated carbocycles. The number of carbonyl (C=O) groups is 1. The van der Waals surface area contributed by atoms with E-state index >= 15 is 0 Å². The maximum Gasteiger partial charge on any atom is 0.340 e. The van der Waals surface area contributed by atoms with E-state index in [9.17, 15) is 4.79 Å². The molecule has 92 valence electrons. The number of hydrogen-bond acceptors (Lipinski definition) is 4. The first-order valence-electron chi connectivity index (χ1n) is 5.86. The van der Waals surface area contributed by atoms with Crippen LogP contribution in [0.2, 0.25) is 0 Å². The van der Waals surface area contributed by atoms with Crippen LogP contribution in [0.4, 0.5) is 0 Å². The number of pyridine rings is 1. The van der Waals surface area contributed by atoms with Crippen molar-refractivity contribution >= 4 is 5.97 Å². The topological polar surface area (TPSA) is 51.2 Å². The fraction of sp³-hybridized carbons (Fsp3) is 0.538. The molecular weight excluding hydrogens is 216 g/mol. The summed E-state index contributed by atoms with van der Waals surface area (Å²) in [5.74, 6) is 0.172. The van der Waals surface area contributed by atoms with Crippen LogP contribution in [0.3, 0.4) is 0 Å². The Labute approximate surface area is 101 Å². The average molecular weight is 234 g/mol. The Morgan fingerprint density at radius 1 is 1.41 bits per heavy atom. The molecule has 1 N–H and O–H groups in total. The smallest absolute Gasteiger partial charge is 0.340 e. The third-order valence-electron chi connectivity index (χ3n) is 2.62. The number of esters is 1. The number of rotatable bonds is 2. The van der Waals surface area contributed by atoms with Gasteiger partial charge in [-0.05, 0) is 32.9 Å². The van der Waals surface area contributed by atoms with Crippen LogP contribution >= 0.6 is 0 Å². The Hall–Kier alpha value is -1.42. The Bertz CT molecular complexity index is 402. The summed E-state index contributed by atoms with van der Waals surface area (Å²) in [6, 6.07) is 3.69. The molecule has 0 spiro atoms. The van der Waals surface area contributed by atoms with Crippen LogP contribution in [-0.2, 0) is 4.74 Å². The maximum absolute atomic E-state index is 11.8. The van der Waals surface area contributed by atoms with Crippen molar-refractivity contribution < 1.29 is 9.53 Å². The van der Waals surface area contributed by atoms with Crippen LogP contribution in [-0.4, -0.2) is 29.6 Å². The van der Waals surface area contributed by atoms with E-state index in [0.29, 0.717) is 11.5 Å². The molecule has 2 rings (SSSR count). The number of nitrogens with one attached hydrogen (secondary N) is 1. The number of carbonyl (C=O) groups excluding carboxylic acids is 1. The molecule has 17 heavy (non-hydrogen) atoms. The highest BCUT2D eigenvalue weighted by Gasteiger charge is 2.21. The highest BCUT2D eigenvalue weighted by molar-refractivity contribution is 5.89. The number of aromatic nitrogens is 1. The van der Waals surface area contributed by atoms with Gasteiger partial charge in [-0.2, -0.15) is 0 Å². The summed E-state index contributed by atoms with van der Waals surface area (Å²) >= 11 is 0. The summed E-state index contributed by atoms with van der Waals surface area (Å²) in [5.41, 5.74) is 1.08. The van der Waals surface area contributed by atoms with Crippen molar-refractivity contribution in [3.05, 3.63) is 29.6 Å². The van der Waals surface area contributed by atoms with Gasteiger partial charge >= 0.3 is 5.97 Å². The molecule has 1 fully saturated rings. The van der Waals surface area contributed by atoms with Crippen molar-refractivity contribution in [2.45, 2.75) is 32.3 Å². The minimum Gasteiger partial charge on any atom is -0.456 e. The standard InChI is InChI=1S/C13H18N2O2/c1-13(2,3)17-12(16)9-4-5-11(15-8-9)10-6-14-7-10/h4-5,8,10,14H,6-7H2,1-3H3. The van der Waals surface area contributed by atoms with Gasteiger partial charge in [-0.15, -0.1) is 0 Å². The van der Waals surface area contributed by atoms with E-state index in [1.54, 1.807) is 12.3 Å². The lowest BCUT2D eigenvalue weighted by molar-refractivity contribution is 0.00690. The largest absolute Gasteiger partial charge is 0.456 e. The van der Waals surface area contributed by atoms with E-state index < -0.39 is 5.60 Å². The average Bonchev–Trinajstić information content (AvgIpc) is 2.13. The van der Waals surface area contributed by atoms with Crippen molar-refractivity contribution in [3.63, 3.8) is 0 Å². The van der Waals surface area contributed by atoms with Gasteiger partial charge in [0, 0.05) is 30.9 Å². The van der Waals surface area contributed by atoms with Crippen LogP contribution in [0.5, 0.6) is 0 Å². The molecule has 1 aliphatic heterocycles. The first-order chi connectivity index (χ1) is 7.96. The van der Waals surface area contributed by atoms with Gasteiger partial charge in [-0.1, -0.05) is 0 Å². The summed E-state index contributed by atoms with van der Waals surface area (Å²) in [6.07, 6.45) is 1.60. The van der Waals surface area contributed by atoms with Crippen molar-refractivity contribution in [2.75, 3.05) is 13.1 Å². The van der Waals surface area contributed by atoms with Crippen molar-refractivity contribution in [1.29, 1.82) is 0 Å². The van der Waals surface area contributed by atoms with Gasteiger partial charge in [0.2, 0.25) is 0 Å². The zero-order valence-corrected chi connectivity index (χ0v) is 10.5. The van der Waals surface area contributed by atoms with Crippen LogP contribution in [0.15, 0.2) is 18.3 Å². The second kappa shape index (κ2) is 4.45. The van der Waals surface area contributed by atoms with Crippen LogP contribution in [0.25, 0.3) is 0 Å². The summed E-state index contributed by atoms with van der Waals surface area (Å²) in [6.45, 7) is 7.50. The molecule has 1 saturated heterocycles. The van der Waals surface area contributed by atoms with E-state index in [0.717, 1.165) is 18.8 Å². The highest BCUT2D eigenvalue weighted by Crippen LogP contribution is 2.18. The van der Waals surface area contributed by atoms with E-state index in [1.807, 2.05) is 26.8 Å². The lowest BCUT2D eigenvalue weighted by atomic mass is 9.98. The van der Waals surface area contributed by atoms with Gasteiger partial charge in [0.05, 0.1) is 5.56 Å². The second-order valence-electron chi connectivity index (χ2n) is 5.33. The van der Waals surface area contributed by atoms with Gasteiger partial charge in [0.1, 0.15) is 5.60 Å². The van der Waals surface area contributed by atoms with Gasteiger partial charge in [-0.25, -0.2) is 4.79 Å². The highest BCUT2D eigenvalue weighted by atomic mass is 16.6. The number of hydrogen-bond donors (Lipinski definition) is 1. The first-order valence-corrected chi connectivity index (χ1v) is 5.86. The summed E-state index contributed by atoms with van der Waals surface area (Å²) in [5, 5.41) is 3.20. The molecule has 0 unspecified atom stereocenters. The Morgan fingerprint density at radius 3 is 2.53 bits per heavy atom. The molecule has 1 aromatic rings. The fourth-order valence-corrected chi connectivity index (χ4v) is 1.60. The van der Waals surface area contributed by atoms with Gasteiger partial charge in [0.25, 0.3) is 0 Å². The SMILES string of the molecule is CC(C)(C)OC(=O)c1ccc(C2CNC2)nc1.